The quantitative estimate of drug-likeness (QED) is 0.281. The number of alkyl halides is 1. The zero-order valence-corrected chi connectivity index (χ0v) is 7.24. The monoisotopic (exact) mass is 207 g/mol. The third-order valence-electron chi connectivity index (χ3n) is 0.450. The van der Waals surface area contributed by atoms with E-state index in [0.29, 0.717) is 0 Å². The van der Waals surface area contributed by atoms with Gasteiger partial charge in [0.05, 0.1) is 6.10 Å². The molecule has 1 unspecified atom stereocenters. The van der Waals surface area contributed by atoms with Crippen molar-refractivity contribution in [1.82, 2.24) is 0 Å². The Kier molecular flexibility index (Phi) is 8.83. The highest BCUT2D eigenvalue weighted by atomic mass is 35.5. The van der Waals surface area contributed by atoms with Crippen LogP contribution in [-0.4, -0.2) is 38.3 Å². The second kappa shape index (κ2) is 7.00. The van der Waals surface area contributed by atoms with E-state index in [0.717, 1.165) is 0 Å². The van der Waals surface area contributed by atoms with Gasteiger partial charge in [-0.25, -0.2) is 4.57 Å². The van der Waals surface area contributed by atoms with Crippen molar-refractivity contribution in [3.63, 3.8) is 0 Å². The van der Waals surface area contributed by atoms with Crippen LogP contribution in [0.4, 0.5) is 0 Å². The van der Waals surface area contributed by atoms with E-state index in [1.54, 1.807) is 0 Å². The van der Waals surface area contributed by atoms with Crippen LogP contribution in [0.2, 0.25) is 0 Å². The average molecular weight is 208 g/mol. The van der Waals surface area contributed by atoms with Crippen LogP contribution in [0.1, 0.15) is 0 Å². The number of hydrogen-bond acceptors (Lipinski definition) is 3. The average Bonchev–Trinajstić information content (AvgIpc) is 1.83. The Labute approximate surface area is 68.8 Å². The van der Waals surface area contributed by atoms with Crippen molar-refractivity contribution < 1.29 is 24.4 Å². The normalized spacial score (nSPS) is 13.3. The molecule has 0 bridgehead atoms. The molecule has 6 nitrogen and oxygen atoms in total. The molecule has 70 valence electrons. The van der Waals surface area contributed by atoms with Gasteiger partial charge < -0.3 is 25.5 Å². The summed E-state index contributed by atoms with van der Waals surface area (Å²) in [4.78, 5) is 21.6. The maximum Gasteiger partial charge on any atom is 0.466 e. The largest absolute Gasteiger partial charge is 0.466 e. The molecule has 0 heterocycles. The summed E-state index contributed by atoms with van der Waals surface area (Å²) in [6, 6.07) is 0. The van der Waals surface area contributed by atoms with E-state index in [4.69, 9.17) is 41.7 Å². The molecule has 11 heavy (non-hydrogen) atoms. The highest BCUT2D eigenvalue weighted by molar-refractivity contribution is 7.45. The van der Waals surface area contributed by atoms with E-state index in [9.17, 15) is 0 Å². The summed E-state index contributed by atoms with van der Waals surface area (Å²) in [7, 11) is -4.64. The van der Waals surface area contributed by atoms with Gasteiger partial charge in [-0.3, -0.25) is 0 Å². The summed E-state index contributed by atoms with van der Waals surface area (Å²) < 4.78 is 8.88. The predicted molar refractivity (Wildman–Crippen MR) is 40.0 cm³/mol. The highest BCUT2D eigenvalue weighted by Crippen LogP contribution is 2.25. The molecule has 0 saturated heterocycles. The fourth-order valence-corrected chi connectivity index (χ4v) is 0.189. The molecule has 0 aliphatic heterocycles. The van der Waals surface area contributed by atoms with Gasteiger partial charge in [0.15, 0.2) is 0 Å². The molecular formula is C3H11ClNO5P. The van der Waals surface area contributed by atoms with Gasteiger partial charge in [-0.1, -0.05) is 0 Å². The SMILES string of the molecule is NCC(O)CCl.O=P(O)(O)O. The van der Waals surface area contributed by atoms with E-state index in [-0.39, 0.29) is 12.4 Å². The summed E-state index contributed by atoms with van der Waals surface area (Å²) in [6.45, 7) is 0.253. The van der Waals surface area contributed by atoms with Crippen LogP contribution in [0.25, 0.3) is 0 Å². The molecule has 0 aromatic carbocycles. The van der Waals surface area contributed by atoms with Gasteiger partial charge >= 0.3 is 7.82 Å². The number of nitrogens with two attached hydrogens (primary N) is 1. The molecular weight excluding hydrogens is 196 g/mol. The second-order valence-corrected chi connectivity index (χ2v) is 2.89. The Morgan fingerprint density at radius 2 is 1.73 bits per heavy atom. The number of halogens is 1. The van der Waals surface area contributed by atoms with Crippen LogP contribution in [0.5, 0.6) is 0 Å². The first-order chi connectivity index (χ1) is 4.81. The van der Waals surface area contributed by atoms with Gasteiger partial charge in [0, 0.05) is 12.4 Å². The van der Waals surface area contributed by atoms with Crippen LogP contribution in [0.15, 0.2) is 0 Å². The number of rotatable bonds is 2. The van der Waals surface area contributed by atoms with Crippen LogP contribution < -0.4 is 5.73 Å². The van der Waals surface area contributed by atoms with Crippen LogP contribution in [-0.2, 0) is 4.57 Å². The van der Waals surface area contributed by atoms with Crippen molar-refractivity contribution in [3.8, 4) is 0 Å². The van der Waals surface area contributed by atoms with Crippen molar-refractivity contribution in [3.05, 3.63) is 0 Å². The lowest BCUT2D eigenvalue weighted by atomic mass is 10.4. The zero-order valence-electron chi connectivity index (χ0n) is 5.59. The highest BCUT2D eigenvalue weighted by Gasteiger charge is 2.00. The third kappa shape index (κ3) is 38.3. The lowest BCUT2D eigenvalue weighted by Gasteiger charge is -1.96. The van der Waals surface area contributed by atoms with E-state index >= 15 is 0 Å². The maximum absolute atomic E-state index is 8.88. The Bertz CT molecular complexity index is 115. The van der Waals surface area contributed by atoms with E-state index in [1.807, 2.05) is 0 Å². The summed E-state index contributed by atoms with van der Waals surface area (Å²) in [5, 5.41) is 8.41. The van der Waals surface area contributed by atoms with Gasteiger partial charge in [0.1, 0.15) is 0 Å². The Morgan fingerprint density at radius 1 is 1.45 bits per heavy atom. The van der Waals surface area contributed by atoms with Crippen LogP contribution >= 0.6 is 19.4 Å². The second-order valence-electron chi connectivity index (χ2n) is 1.56. The van der Waals surface area contributed by atoms with E-state index < -0.39 is 13.9 Å². The number of aliphatic hydroxyl groups excluding tert-OH is 1. The lowest BCUT2D eigenvalue weighted by molar-refractivity contribution is 0.206. The predicted octanol–water partition coefficient (Wildman–Crippen LogP) is -1.38. The molecule has 0 rings (SSSR count). The minimum atomic E-state index is -4.64. The van der Waals surface area contributed by atoms with Gasteiger partial charge in [-0.05, 0) is 0 Å². The third-order valence-corrected chi connectivity index (χ3v) is 0.806. The molecule has 0 aliphatic carbocycles. The molecule has 0 radical (unpaired) electrons. The number of hydrogen-bond donors (Lipinski definition) is 5. The molecule has 0 spiro atoms. The Balaban J connectivity index is 0. The summed E-state index contributed by atoms with van der Waals surface area (Å²) in [6.07, 6.45) is -0.522. The standard InChI is InChI=1S/C3H8ClNO.H3O4P/c4-1-3(6)2-5;1-5(2,3)4/h3,6H,1-2,5H2;(H3,1,2,3,4). The fourth-order valence-electron chi connectivity index (χ4n) is 0.0630. The summed E-state index contributed by atoms with van der Waals surface area (Å²) >= 11 is 5.12. The summed E-state index contributed by atoms with van der Waals surface area (Å²) in [5.74, 6) is 0.233. The van der Waals surface area contributed by atoms with E-state index in [1.165, 1.54) is 0 Å². The minimum absolute atomic E-state index is 0.233. The van der Waals surface area contributed by atoms with Gasteiger partial charge in [-0.15, -0.1) is 11.6 Å². The van der Waals surface area contributed by atoms with Crippen molar-refractivity contribution in [2.75, 3.05) is 12.4 Å². The molecule has 8 heteroatoms. The molecule has 0 aliphatic rings. The van der Waals surface area contributed by atoms with Crippen molar-refractivity contribution in [2.24, 2.45) is 5.73 Å². The van der Waals surface area contributed by atoms with Crippen LogP contribution in [0.3, 0.4) is 0 Å². The van der Waals surface area contributed by atoms with Gasteiger partial charge in [0.25, 0.3) is 0 Å². The molecule has 0 fully saturated rings. The molecule has 1 atom stereocenters. The van der Waals surface area contributed by atoms with Gasteiger partial charge in [-0.2, -0.15) is 0 Å². The minimum Gasteiger partial charge on any atom is -0.391 e. The lowest BCUT2D eigenvalue weighted by Crippen LogP contribution is -2.20. The first-order valence-electron chi connectivity index (χ1n) is 2.53. The fraction of sp³-hybridized carbons (Fsp3) is 1.00. The summed E-state index contributed by atoms with van der Waals surface area (Å²) in [5.41, 5.74) is 4.95. The molecule has 6 N–H and O–H groups in total. The number of aliphatic hydroxyl groups is 1. The Morgan fingerprint density at radius 3 is 1.73 bits per heavy atom. The number of phosphoric acid groups is 1. The van der Waals surface area contributed by atoms with Crippen molar-refractivity contribution >= 4 is 19.4 Å². The topological polar surface area (TPSA) is 124 Å². The molecule has 0 saturated carbocycles. The zero-order chi connectivity index (χ0) is 9.49. The first kappa shape index (κ1) is 13.9. The molecule has 0 aromatic rings. The molecule has 0 aromatic heterocycles. The molecule has 0 amide bonds. The van der Waals surface area contributed by atoms with Crippen molar-refractivity contribution in [1.29, 1.82) is 0 Å². The maximum atomic E-state index is 8.88. The smallest absolute Gasteiger partial charge is 0.391 e. The van der Waals surface area contributed by atoms with Crippen LogP contribution in [0, 0.1) is 0 Å². The van der Waals surface area contributed by atoms with E-state index in [2.05, 4.69) is 0 Å². The Hall–Kier alpha value is 0.320. The van der Waals surface area contributed by atoms with Crippen molar-refractivity contribution in [2.45, 2.75) is 6.10 Å². The van der Waals surface area contributed by atoms with Gasteiger partial charge in [0.2, 0.25) is 0 Å². The first-order valence-corrected chi connectivity index (χ1v) is 4.63.